The van der Waals surface area contributed by atoms with E-state index < -0.39 is 0 Å². The molecule has 1 aromatic heterocycles. The Morgan fingerprint density at radius 3 is 1.71 bits per heavy atom. The largest absolute Gasteiger partial charge is 0.245 e. The van der Waals surface area contributed by atoms with Gasteiger partial charge in [0.25, 0.3) is 0 Å². The summed E-state index contributed by atoms with van der Waals surface area (Å²) in [5, 5.41) is 0. The van der Waals surface area contributed by atoms with Crippen LogP contribution in [0.4, 0.5) is 0 Å². The zero-order valence-corrected chi connectivity index (χ0v) is 5.33. The van der Waals surface area contributed by atoms with Gasteiger partial charge in [0.1, 0.15) is 6.33 Å². The molecule has 36 valence electrons. The molecule has 0 unspecified atom stereocenters. The van der Waals surface area contributed by atoms with Crippen LogP contribution in [-0.4, -0.2) is 27.0 Å². The van der Waals surface area contributed by atoms with Crippen molar-refractivity contribution < 1.29 is 0 Å². The van der Waals surface area contributed by atoms with Gasteiger partial charge in [-0.1, -0.05) is 0 Å². The first-order chi connectivity index (χ1) is 3.00. The van der Waals surface area contributed by atoms with E-state index in [1.165, 1.54) is 6.33 Å². The monoisotopic (exact) mass is 160 g/mol. The van der Waals surface area contributed by atoms with Crippen LogP contribution in [0.25, 0.3) is 0 Å². The van der Waals surface area contributed by atoms with Crippen LogP contribution in [0.5, 0.6) is 0 Å². The predicted molar refractivity (Wildman–Crippen MR) is 27.8 cm³/mol. The first-order valence-corrected chi connectivity index (χ1v) is 1.70. The van der Waals surface area contributed by atoms with Gasteiger partial charge in [-0.15, -0.1) is 0 Å². The van der Waals surface area contributed by atoms with Crippen LogP contribution < -0.4 is 0 Å². The normalized spacial score (nSPS) is 6.86. The van der Waals surface area contributed by atoms with Gasteiger partial charge in [0.2, 0.25) is 0 Å². The van der Waals surface area contributed by atoms with Gasteiger partial charge in [-0.05, 0) is 6.07 Å². The van der Waals surface area contributed by atoms with Crippen LogP contribution >= 0.6 is 0 Å². The van der Waals surface area contributed by atoms with Gasteiger partial charge >= 0.3 is 0 Å². The summed E-state index contributed by atoms with van der Waals surface area (Å²) in [6, 6.07) is 1.78. The third-order valence-electron chi connectivity index (χ3n) is 0.478. The van der Waals surface area contributed by atoms with Crippen molar-refractivity contribution in [3.05, 3.63) is 24.8 Å². The molecular weight excluding hydrogens is 155 g/mol. The van der Waals surface area contributed by atoms with Crippen molar-refractivity contribution in [2.75, 3.05) is 0 Å². The van der Waals surface area contributed by atoms with Crippen molar-refractivity contribution in [2.24, 2.45) is 0 Å². The Balaban J connectivity index is 0.000000360. The molecule has 1 aromatic rings. The maximum atomic E-state index is 3.67. The zero-order valence-electron chi connectivity index (χ0n) is 3.61. The third-order valence-corrected chi connectivity index (χ3v) is 0.478. The Kier molecular flexibility index (Phi) is 3.56. The van der Waals surface area contributed by atoms with Crippen molar-refractivity contribution in [3.63, 3.8) is 0 Å². The fourth-order valence-corrected chi connectivity index (χ4v) is 0.253. The number of nitrogens with zero attached hydrogens (tertiary/aromatic N) is 2. The topological polar surface area (TPSA) is 25.8 Å². The molecule has 1 heterocycles. The van der Waals surface area contributed by atoms with Gasteiger partial charge in [-0.3, -0.25) is 0 Å². The molecule has 0 spiro atoms. The number of aromatic nitrogens is 2. The summed E-state index contributed by atoms with van der Waals surface area (Å²) in [5.41, 5.74) is 0. The van der Waals surface area contributed by atoms with Gasteiger partial charge in [-0.2, -0.15) is 0 Å². The molecule has 0 atom stereocenters. The SMILES string of the molecule is [Se].c1cncnc1. The molecule has 0 aliphatic rings. The van der Waals surface area contributed by atoms with Crippen molar-refractivity contribution in [3.8, 4) is 0 Å². The average Bonchev–Trinajstić information content (AvgIpc) is 1.72. The van der Waals surface area contributed by atoms with Crippen LogP contribution in [0, 0.1) is 0 Å². The Labute approximate surface area is 52.5 Å². The maximum absolute atomic E-state index is 3.67. The van der Waals surface area contributed by atoms with Crippen LogP contribution in [0.3, 0.4) is 0 Å². The molecule has 0 saturated heterocycles. The van der Waals surface area contributed by atoms with E-state index >= 15 is 0 Å². The summed E-state index contributed by atoms with van der Waals surface area (Å²) in [5.74, 6) is 0. The van der Waals surface area contributed by atoms with Gasteiger partial charge in [-0.25, -0.2) is 9.97 Å². The number of rotatable bonds is 0. The second-order valence-corrected chi connectivity index (χ2v) is 0.904. The number of hydrogen-bond acceptors (Lipinski definition) is 2. The fraction of sp³-hybridized carbons (Fsp3) is 0. The van der Waals surface area contributed by atoms with E-state index in [9.17, 15) is 0 Å². The average molecular weight is 159 g/mol. The quantitative estimate of drug-likeness (QED) is 0.501. The van der Waals surface area contributed by atoms with Gasteiger partial charge in [0, 0.05) is 29.5 Å². The van der Waals surface area contributed by atoms with E-state index in [1.807, 2.05) is 0 Å². The Bertz CT molecular complexity index is 81.6. The molecule has 3 heteroatoms. The van der Waals surface area contributed by atoms with Gasteiger partial charge in [0.05, 0.1) is 0 Å². The molecule has 2 radical (unpaired) electrons. The molecule has 0 aromatic carbocycles. The summed E-state index contributed by atoms with van der Waals surface area (Å²) < 4.78 is 0. The minimum Gasteiger partial charge on any atom is -0.245 e. The molecule has 7 heavy (non-hydrogen) atoms. The van der Waals surface area contributed by atoms with Crippen LogP contribution in [0.15, 0.2) is 24.8 Å². The predicted octanol–water partition coefficient (Wildman–Crippen LogP) is 0.0958. The molecule has 2 nitrogen and oxygen atoms in total. The van der Waals surface area contributed by atoms with Crippen molar-refractivity contribution in [1.29, 1.82) is 0 Å². The van der Waals surface area contributed by atoms with Crippen LogP contribution in [0.1, 0.15) is 0 Å². The van der Waals surface area contributed by atoms with Crippen LogP contribution in [-0.2, 0) is 0 Å². The van der Waals surface area contributed by atoms with E-state index in [1.54, 1.807) is 18.5 Å². The van der Waals surface area contributed by atoms with E-state index in [2.05, 4.69) is 9.97 Å². The summed E-state index contributed by atoms with van der Waals surface area (Å²) >= 11 is 0. The van der Waals surface area contributed by atoms with E-state index in [0.717, 1.165) is 0 Å². The molecule has 0 fully saturated rings. The minimum atomic E-state index is 0. The van der Waals surface area contributed by atoms with Crippen LogP contribution in [0.2, 0.25) is 0 Å². The smallest absolute Gasteiger partial charge is 0.115 e. The minimum absolute atomic E-state index is 0. The van der Waals surface area contributed by atoms with Gasteiger partial charge in [0.15, 0.2) is 0 Å². The summed E-state index contributed by atoms with van der Waals surface area (Å²) in [6.45, 7) is 0. The molecule has 0 N–H and O–H groups in total. The first-order valence-electron chi connectivity index (χ1n) is 1.70. The Morgan fingerprint density at radius 1 is 1.00 bits per heavy atom. The summed E-state index contributed by atoms with van der Waals surface area (Å²) in [4.78, 5) is 7.35. The Hall–Kier alpha value is -0.401. The van der Waals surface area contributed by atoms with Crippen molar-refractivity contribution in [1.82, 2.24) is 9.97 Å². The molecule has 1 rings (SSSR count). The van der Waals surface area contributed by atoms with E-state index in [-0.39, 0.29) is 17.1 Å². The summed E-state index contributed by atoms with van der Waals surface area (Å²) in [7, 11) is 0. The maximum Gasteiger partial charge on any atom is 0.115 e. The van der Waals surface area contributed by atoms with Gasteiger partial charge < -0.3 is 0 Å². The standard InChI is InChI=1S/C4H4N2.Se/c1-2-5-4-6-3-1;/h1-4H;. The zero-order chi connectivity index (χ0) is 4.24. The van der Waals surface area contributed by atoms with E-state index in [4.69, 9.17) is 0 Å². The molecule has 0 saturated carbocycles. The molecule has 0 aliphatic heterocycles. The number of hydrogen-bond donors (Lipinski definition) is 0. The first kappa shape index (κ1) is 6.60. The molecule has 0 aliphatic carbocycles. The second-order valence-electron chi connectivity index (χ2n) is 0.904. The third kappa shape index (κ3) is 2.31. The molecule has 0 amide bonds. The van der Waals surface area contributed by atoms with E-state index in [0.29, 0.717) is 0 Å². The Morgan fingerprint density at radius 2 is 1.57 bits per heavy atom. The molecular formula is C4H4N2Se. The van der Waals surface area contributed by atoms with Crippen molar-refractivity contribution >= 4 is 17.1 Å². The second kappa shape index (κ2) is 3.78. The summed E-state index contributed by atoms with van der Waals surface area (Å²) in [6.07, 6.45) is 4.88. The fourth-order valence-electron chi connectivity index (χ4n) is 0.253. The van der Waals surface area contributed by atoms with Crippen molar-refractivity contribution in [2.45, 2.75) is 0 Å². The molecule has 0 bridgehead atoms.